The summed E-state index contributed by atoms with van der Waals surface area (Å²) < 4.78 is 2.75. The van der Waals surface area contributed by atoms with E-state index in [2.05, 4.69) is 35.6 Å². The largest absolute Gasteiger partial charge is 0.390 e. The lowest BCUT2D eigenvalue weighted by atomic mass is 10.3. The molecule has 0 unspecified atom stereocenters. The van der Waals surface area contributed by atoms with Crippen molar-refractivity contribution in [1.29, 1.82) is 5.26 Å². The predicted octanol–water partition coefficient (Wildman–Crippen LogP) is 1.10. The number of nitrogens with zero attached hydrogens (tertiary/aromatic N) is 3. The molecule has 2 aromatic heterocycles. The number of aromatic nitrogens is 3. The van der Waals surface area contributed by atoms with Crippen molar-refractivity contribution in [2.45, 2.75) is 6.61 Å². The Morgan fingerprint density at radius 1 is 1.61 bits per heavy atom. The van der Waals surface area contributed by atoms with Gasteiger partial charge in [-0.15, -0.1) is 0 Å². The Hall–Kier alpha value is -1.76. The minimum atomic E-state index is -0.444. The molecule has 0 atom stereocenters. The SMILES string of the molecule is N#Cc1c(Nc2cc(CO)nc(Br)n2)s[nH]c1=O. The Kier molecular flexibility index (Phi) is 3.71. The van der Waals surface area contributed by atoms with E-state index in [-0.39, 0.29) is 12.2 Å². The zero-order chi connectivity index (χ0) is 13.1. The quantitative estimate of drug-likeness (QED) is 0.727. The van der Waals surface area contributed by atoms with Gasteiger partial charge in [-0.05, 0) is 27.5 Å². The Morgan fingerprint density at radius 2 is 2.39 bits per heavy atom. The number of anilines is 2. The van der Waals surface area contributed by atoms with Gasteiger partial charge >= 0.3 is 0 Å². The summed E-state index contributed by atoms with van der Waals surface area (Å²) in [5.74, 6) is 0.382. The molecule has 3 N–H and O–H groups in total. The van der Waals surface area contributed by atoms with Gasteiger partial charge in [0.05, 0.1) is 12.3 Å². The molecule has 9 heteroatoms. The Labute approximate surface area is 113 Å². The van der Waals surface area contributed by atoms with E-state index in [0.29, 0.717) is 21.2 Å². The first-order valence-electron chi connectivity index (χ1n) is 4.67. The Morgan fingerprint density at radius 3 is 3.06 bits per heavy atom. The maximum absolute atomic E-state index is 11.3. The summed E-state index contributed by atoms with van der Waals surface area (Å²) in [5.41, 5.74) is -0.0263. The van der Waals surface area contributed by atoms with Gasteiger partial charge < -0.3 is 10.4 Å². The number of rotatable bonds is 3. The fourth-order valence-corrected chi connectivity index (χ4v) is 2.33. The third-order valence-corrected chi connectivity index (χ3v) is 3.12. The highest BCUT2D eigenvalue weighted by molar-refractivity contribution is 9.10. The van der Waals surface area contributed by atoms with Crippen LogP contribution in [0.4, 0.5) is 10.8 Å². The number of hydrogen-bond donors (Lipinski definition) is 3. The molecule has 18 heavy (non-hydrogen) atoms. The number of aliphatic hydroxyl groups excluding tert-OH is 1. The summed E-state index contributed by atoms with van der Waals surface area (Å²) >= 11 is 4.11. The van der Waals surface area contributed by atoms with Crippen molar-refractivity contribution < 1.29 is 5.11 Å². The molecule has 0 aromatic carbocycles. The first kappa shape index (κ1) is 12.7. The molecule has 0 aliphatic carbocycles. The standard InChI is InChI=1S/C9H6BrN5O2S/c10-9-12-4(3-16)1-6(14-9)13-8-5(2-11)7(17)15-18-8/h1,16H,3H2,(H,15,17)(H,12,13,14). The van der Waals surface area contributed by atoms with Crippen LogP contribution >= 0.6 is 27.5 Å². The highest BCUT2D eigenvalue weighted by Gasteiger charge is 2.11. The second kappa shape index (κ2) is 5.26. The van der Waals surface area contributed by atoms with Crippen LogP contribution in [0.5, 0.6) is 0 Å². The van der Waals surface area contributed by atoms with Gasteiger partial charge in [0.1, 0.15) is 16.9 Å². The smallest absolute Gasteiger partial charge is 0.278 e. The van der Waals surface area contributed by atoms with Crippen molar-refractivity contribution in [3.05, 3.63) is 32.4 Å². The molecular weight excluding hydrogens is 322 g/mol. The molecule has 2 aromatic rings. The average Bonchev–Trinajstić information content (AvgIpc) is 2.69. The molecule has 2 rings (SSSR count). The van der Waals surface area contributed by atoms with Gasteiger partial charge in [-0.25, -0.2) is 9.97 Å². The van der Waals surface area contributed by atoms with Crippen LogP contribution in [0.1, 0.15) is 11.3 Å². The number of nitrogens with one attached hydrogen (secondary N) is 2. The molecule has 0 bridgehead atoms. The zero-order valence-electron chi connectivity index (χ0n) is 8.77. The number of H-pyrrole nitrogens is 1. The van der Waals surface area contributed by atoms with Crippen LogP contribution < -0.4 is 10.9 Å². The van der Waals surface area contributed by atoms with Crippen LogP contribution in [0.3, 0.4) is 0 Å². The molecule has 0 amide bonds. The second-order valence-electron chi connectivity index (χ2n) is 3.15. The Balaban J connectivity index is 2.37. The fourth-order valence-electron chi connectivity index (χ4n) is 1.22. The van der Waals surface area contributed by atoms with E-state index in [1.54, 1.807) is 6.07 Å². The van der Waals surface area contributed by atoms with Crippen molar-refractivity contribution in [2.24, 2.45) is 0 Å². The van der Waals surface area contributed by atoms with Gasteiger partial charge in [-0.1, -0.05) is 0 Å². The van der Waals surface area contributed by atoms with Crippen molar-refractivity contribution in [1.82, 2.24) is 14.3 Å². The number of aromatic amines is 1. The second-order valence-corrected chi connectivity index (χ2v) is 4.67. The summed E-state index contributed by atoms with van der Waals surface area (Å²) in [5, 5.41) is 21.1. The molecule has 0 saturated carbocycles. The first-order valence-corrected chi connectivity index (χ1v) is 6.28. The van der Waals surface area contributed by atoms with Crippen LogP contribution in [0.25, 0.3) is 0 Å². The molecular formula is C9H6BrN5O2S. The minimum absolute atomic E-state index is 0.000262. The van der Waals surface area contributed by atoms with Gasteiger partial charge in [0.25, 0.3) is 5.56 Å². The molecule has 0 radical (unpaired) electrons. The predicted molar refractivity (Wildman–Crippen MR) is 68.6 cm³/mol. The lowest BCUT2D eigenvalue weighted by Gasteiger charge is -2.04. The maximum Gasteiger partial charge on any atom is 0.278 e. The number of hydrogen-bond acceptors (Lipinski definition) is 7. The molecule has 92 valence electrons. The van der Waals surface area contributed by atoms with E-state index in [1.165, 1.54) is 6.07 Å². The average molecular weight is 328 g/mol. The van der Waals surface area contributed by atoms with E-state index >= 15 is 0 Å². The van der Waals surface area contributed by atoms with E-state index < -0.39 is 5.56 Å². The highest BCUT2D eigenvalue weighted by atomic mass is 79.9. The van der Waals surface area contributed by atoms with E-state index in [9.17, 15) is 4.79 Å². The van der Waals surface area contributed by atoms with Crippen molar-refractivity contribution in [3.8, 4) is 6.07 Å². The van der Waals surface area contributed by atoms with Crippen LogP contribution in [-0.4, -0.2) is 19.4 Å². The van der Waals surface area contributed by atoms with Crippen LogP contribution in [0, 0.1) is 11.3 Å². The molecule has 0 aliphatic rings. The van der Waals surface area contributed by atoms with Crippen molar-refractivity contribution in [2.75, 3.05) is 5.32 Å². The Bertz CT molecular complexity index is 674. The monoisotopic (exact) mass is 327 g/mol. The van der Waals surface area contributed by atoms with Gasteiger partial charge in [-0.2, -0.15) is 5.26 Å². The van der Waals surface area contributed by atoms with Crippen molar-refractivity contribution in [3.63, 3.8) is 0 Å². The normalized spacial score (nSPS) is 10.1. The lowest BCUT2D eigenvalue weighted by molar-refractivity contribution is 0.276. The summed E-state index contributed by atoms with van der Waals surface area (Å²) in [4.78, 5) is 19.2. The molecule has 2 heterocycles. The van der Waals surface area contributed by atoms with Gasteiger partial charge in [0.15, 0.2) is 10.3 Å². The van der Waals surface area contributed by atoms with Crippen LogP contribution in [-0.2, 0) is 6.61 Å². The van der Waals surface area contributed by atoms with E-state index in [0.717, 1.165) is 11.5 Å². The van der Waals surface area contributed by atoms with Crippen molar-refractivity contribution >= 4 is 38.3 Å². The van der Waals surface area contributed by atoms with Gasteiger partial charge in [0, 0.05) is 6.07 Å². The molecule has 0 aliphatic heterocycles. The lowest BCUT2D eigenvalue weighted by Crippen LogP contribution is -2.04. The minimum Gasteiger partial charge on any atom is -0.390 e. The number of nitriles is 1. The topological polar surface area (TPSA) is 115 Å². The molecule has 0 saturated heterocycles. The number of halogens is 1. The van der Waals surface area contributed by atoms with E-state index in [4.69, 9.17) is 10.4 Å². The van der Waals surface area contributed by atoms with Gasteiger partial charge in [0.2, 0.25) is 0 Å². The van der Waals surface area contributed by atoms with Crippen LogP contribution in [0.2, 0.25) is 0 Å². The summed E-state index contributed by atoms with van der Waals surface area (Å²) in [7, 11) is 0. The third kappa shape index (κ3) is 2.56. The van der Waals surface area contributed by atoms with Gasteiger partial charge in [-0.3, -0.25) is 9.17 Å². The third-order valence-electron chi connectivity index (χ3n) is 1.97. The van der Waals surface area contributed by atoms with E-state index in [1.807, 2.05) is 0 Å². The highest BCUT2D eigenvalue weighted by Crippen LogP contribution is 2.21. The number of aliphatic hydroxyl groups is 1. The molecule has 0 fully saturated rings. The fraction of sp³-hybridized carbons (Fsp3) is 0.111. The summed E-state index contributed by atoms with van der Waals surface area (Å²) in [6.45, 7) is -0.232. The maximum atomic E-state index is 11.3. The van der Waals surface area contributed by atoms with Crippen LogP contribution in [0.15, 0.2) is 15.6 Å². The summed E-state index contributed by atoms with van der Waals surface area (Å²) in [6, 6.07) is 3.33. The summed E-state index contributed by atoms with van der Waals surface area (Å²) in [6.07, 6.45) is 0. The first-order chi connectivity index (χ1) is 8.63. The molecule has 7 nitrogen and oxygen atoms in total. The zero-order valence-corrected chi connectivity index (χ0v) is 11.2. The molecule has 0 spiro atoms.